The quantitative estimate of drug-likeness (QED) is 0.237. The van der Waals surface area contributed by atoms with E-state index in [1.165, 1.54) is 0 Å². The second kappa shape index (κ2) is 11.5. The largest absolute Gasteiger partial charge is 0.469 e. The maximum Gasteiger partial charge on any atom is 0.416 e. The topological polar surface area (TPSA) is 58.8 Å². The number of ether oxygens (including phenoxy) is 1. The van der Waals surface area contributed by atoms with Gasteiger partial charge in [-0.1, -0.05) is 6.07 Å². The maximum absolute atomic E-state index is 13.3. The average molecular weight is 541 g/mol. The Labute approximate surface area is 189 Å². The third-order valence-electron chi connectivity index (χ3n) is 4.61. The monoisotopic (exact) mass is 541 g/mol. The number of benzene rings is 1. The number of nitrogens with one attached hydrogen (secondary N) is 2. The third-order valence-corrected chi connectivity index (χ3v) is 4.61. The summed E-state index contributed by atoms with van der Waals surface area (Å²) in [6.45, 7) is 2.21. The molecule has 2 N–H and O–H groups in total. The molecule has 0 amide bonds. The second-order valence-corrected chi connectivity index (χ2v) is 6.83. The van der Waals surface area contributed by atoms with E-state index in [0.717, 1.165) is 24.3 Å². The zero-order chi connectivity index (χ0) is 20.7. The minimum Gasteiger partial charge on any atom is -0.469 e. The summed E-state index contributed by atoms with van der Waals surface area (Å²) in [5.74, 6) is 0.574. The molecule has 0 aliphatic carbocycles. The van der Waals surface area contributed by atoms with Crippen LogP contribution in [0.5, 0.6) is 0 Å². The first-order chi connectivity index (χ1) is 13.9. The molecule has 30 heavy (non-hydrogen) atoms. The number of alkyl halides is 3. The molecule has 3 rings (SSSR count). The highest BCUT2D eigenvalue weighted by Crippen LogP contribution is 2.32. The van der Waals surface area contributed by atoms with E-state index in [1.54, 1.807) is 12.3 Å². The average Bonchev–Trinajstić information content (AvgIpc) is 3.37. The number of rotatable bonds is 7. The SMILES string of the molecule is Fc1ccc(CN=C(NCCc2ccco2)NCC2CCOC2)c(C(F)(F)F)c1.I. The number of hydrogen-bond donors (Lipinski definition) is 2. The molecule has 10 heteroatoms. The molecule has 0 saturated carbocycles. The minimum atomic E-state index is -4.64. The number of nitrogens with zero attached hydrogens (tertiary/aromatic N) is 1. The first kappa shape index (κ1) is 24.4. The molecule has 2 heterocycles. The van der Waals surface area contributed by atoms with Crippen molar-refractivity contribution in [2.45, 2.75) is 25.6 Å². The van der Waals surface area contributed by atoms with Crippen LogP contribution in [0.4, 0.5) is 17.6 Å². The van der Waals surface area contributed by atoms with Crippen LogP contribution in [0.3, 0.4) is 0 Å². The summed E-state index contributed by atoms with van der Waals surface area (Å²) in [6, 6.07) is 6.25. The Kier molecular flexibility index (Phi) is 9.40. The fourth-order valence-electron chi connectivity index (χ4n) is 3.03. The fraction of sp³-hybridized carbons (Fsp3) is 0.450. The lowest BCUT2D eigenvalue weighted by Gasteiger charge is -2.16. The second-order valence-electron chi connectivity index (χ2n) is 6.83. The van der Waals surface area contributed by atoms with E-state index in [2.05, 4.69) is 15.6 Å². The zero-order valence-electron chi connectivity index (χ0n) is 16.2. The van der Waals surface area contributed by atoms with Gasteiger partial charge in [-0.15, -0.1) is 24.0 Å². The van der Waals surface area contributed by atoms with Gasteiger partial charge in [-0.25, -0.2) is 9.38 Å². The van der Waals surface area contributed by atoms with Crippen molar-refractivity contribution in [3.05, 3.63) is 59.3 Å². The van der Waals surface area contributed by atoms with E-state index in [4.69, 9.17) is 9.15 Å². The Balaban J connectivity index is 0.00000320. The van der Waals surface area contributed by atoms with Gasteiger partial charge in [0.25, 0.3) is 0 Å². The van der Waals surface area contributed by atoms with Gasteiger partial charge >= 0.3 is 6.18 Å². The van der Waals surface area contributed by atoms with E-state index < -0.39 is 17.6 Å². The van der Waals surface area contributed by atoms with E-state index in [-0.39, 0.29) is 36.1 Å². The zero-order valence-corrected chi connectivity index (χ0v) is 18.5. The van der Waals surface area contributed by atoms with E-state index in [0.29, 0.717) is 50.7 Å². The van der Waals surface area contributed by atoms with Gasteiger partial charge in [0.15, 0.2) is 5.96 Å². The first-order valence-corrected chi connectivity index (χ1v) is 9.40. The van der Waals surface area contributed by atoms with Gasteiger partial charge in [0.1, 0.15) is 11.6 Å². The summed E-state index contributed by atoms with van der Waals surface area (Å²) in [6.07, 6.45) is -1.54. The number of hydrogen-bond acceptors (Lipinski definition) is 3. The van der Waals surface area contributed by atoms with Gasteiger partial charge in [-0.2, -0.15) is 13.2 Å². The summed E-state index contributed by atoms with van der Waals surface area (Å²) >= 11 is 0. The molecule has 0 spiro atoms. The van der Waals surface area contributed by atoms with Crippen molar-refractivity contribution in [2.75, 3.05) is 26.3 Å². The predicted octanol–water partition coefficient (Wildman–Crippen LogP) is 4.37. The molecule has 1 unspecified atom stereocenters. The molecule has 1 aromatic carbocycles. The standard InChI is InChI=1S/C20H23F4N3O2.HI/c21-16-4-3-15(18(10-16)20(22,23)24)12-27-19(26-11-14-6-9-28-13-14)25-7-5-17-2-1-8-29-17;/h1-4,8,10,14H,5-7,9,11-13H2,(H2,25,26,27);1H. The number of guanidine groups is 1. The van der Waals surface area contributed by atoms with Gasteiger partial charge in [0.2, 0.25) is 0 Å². The van der Waals surface area contributed by atoms with Crippen LogP contribution in [0.15, 0.2) is 46.0 Å². The Hall–Kier alpha value is -1.82. The summed E-state index contributed by atoms with van der Waals surface area (Å²) in [4.78, 5) is 4.28. The number of aliphatic imine (C=N–C) groups is 1. The van der Waals surface area contributed by atoms with E-state index >= 15 is 0 Å². The lowest BCUT2D eigenvalue weighted by atomic mass is 10.1. The van der Waals surface area contributed by atoms with Gasteiger partial charge < -0.3 is 19.8 Å². The van der Waals surface area contributed by atoms with Crippen LogP contribution in [0.2, 0.25) is 0 Å². The molecule has 1 saturated heterocycles. The van der Waals surface area contributed by atoms with Gasteiger partial charge in [-0.05, 0) is 36.2 Å². The van der Waals surface area contributed by atoms with Crippen LogP contribution in [0.25, 0.3) is 0 Å². The number of halogens is 5. The van der Waals surface area contributed by atoms with Crippen molar-refractivity contribution < 1.29 is 26.7 Å². The van der Waals surface area contributed by atoms with Crippen LogP contribution in [0.1, 0.15) is 23.3 Å². The van der Waals surface area contributed by atoms with E-state index in [9.17, 15) is 17.6 Å². The molecule has 1 aromatic heterocycles. The van der Waals surface area contributed by atoms with Crippen LogP contribution in [-0.4, -0.2) is 32.3 Å². The first-order valence-electron chi connectivity index (χ1n) is 9.40. The molecule has 166 valence electrons. The third kappa shape index (κ3) is 7.46. The smallest absolute Gasteiger partial charge is 0.416 e. The Morgan fingerprint density at radius 1 is 1.20 bits per heavy atom. The Bertz CT molecular complexity index is 807. The van der Waals surface area contributed by atoms with Crippen molar-refractivity contribution in [2.24, 2.45) is 10.9 Å². The molecular weight excluding hydrogens is 517 g/mol. The van der Waals surface area contributed by atoms with Crippen molar-refractivity contribution in [3.8, 4) is 0 Å². The van der Waals surface area contributed by atoms with Crippen LogP contribution >= 0.6 is 24.0 Å². The summed E-state index contributed by atoms with van der Waals surface area (Å²) in [5, 5.41) is 6.26. The summed E-state index contributed by atoms with van der Waals surface area (Å²) in [5.41, 5.74) is -1.10. The highest BCUT2D eigenvalue weighted by Gasteiger charge is 2.33. The fourth-order valence-corrected chi connectivity index (χ4v) is 3.03. The predicted molar refractivity (Wildman–Crippen MR) is 115 cm³/mol. The van der Waals surface area contributed by atoms with Crippen molar-refractivity contribution in [1.29, 1.82) is 0 Å². The Morgan fingerprint density at radius 2 is 2.03 bits per heavy atom. The summed E-state index contributed by atoms with van der Waals surface area (Å²) in [7, 11) is 0. The molecule has 1 aliphatic heterocycles. The highest BCUT2D eigenvalue weighted by atomic mass is 127. The lowest BCUT2D eigenvalue weighted by molar-refractivity contribution is -0.138. The van der Waals surface area contributed by atoms with Crippen LogP contribution in [0, 0.1) is 11.7 Å². The Morgan fingerprint density at radius 3 is 2.70 bits per heavy atom. The molecule has 0 bridgehead atoms. The van der Waals surface area contributed by atoms with Crippen LogP contribution in [-0.2, 0) is 23.9 Å². The van der Waals surface area contributed by atoms with Crippen molar-refractivity contribution >= 4 is 29.9 Å². The van der Waals surface area contributed by atoms with Crippen LogP contribution < -0.4 is 10.6 Å². The molecule has 5 nitrogen and oxygen atoms in total. The highest BCUT2D eigenvalue weighted by molar-refractivity contribution is 14.0. The molecule has 1 aliphatic rings. The number of furan rings is 1. The van der Waals surface area contributed by atoms with Gasteiger partial charge in [-0.3, -0.25) is 0 Å². The molecule has 0 radical (unpaired) electrons. The van der Waals surface area contributed by atoms with Crippen molar-refractivity contribution in [1.82, 2.24) is 10.6 Å². The molecular formula is C20H24F4IN3O2. The summed E-state index contributed by atoms with van der Waals surface area (Å²) < 4.78 is 63.5. The van der Waals surface area contributed by atoms with E-state index in [1.807, 2.05) is 6.07 Å². The van der Waals surface area contributed by atoms with Gasteiger partial charge in [0.05, 0.1) is 25.0 Å². The van der Waals surface area contributed by atoms with Gasteiger partial charge in [0, 0.05) is 32.0 Å². The molecule has 1 fully saturated rings. The lowest BCUT2D eigenvalue weighted by Crippen LogP contribution is -2.41. The molecule has 2 aromatic rings. The van der Waals surface area contributed by atoms with Crippen molar-refractivity contribution in [3.63, 3.8) is 0 Å². The minimum absolute atomic E-state index is 0. The molecule has 1 atom stereocenters. The maximum atomic E-state index is 13.3. The normalized spacial score (nSPS) is 16.9.